The molecule has 0 unspecified atom stereocenters. The highest BCUT2D eigenvalue weighted by molar-refractivity contribution is 8.00. The van der Waals surface area contributed by atoms with Crippen molar-refractivity contribution >= 4 is 23.5 Å². The Bertz CT molecular complexity index is 145. The molecule has 0 aliphatic carbocycles. The van der Waals surface area contributed by atoms with Gasteiger partial charge in [0, 0.05) is 16.8 Å². The van der Waals surface area contributed by atoms with E-state index >= 15 is 0 Å². The lowest BCUT2D eigenvalue weighted by Crippen LogP contribution is -2.20. The minimum absolute atomic E-state index is 0.281. The Morgan fingerprint density at radius 2 is 1.75 bits per heavy atom. The molecule has 0 aromatic rings. The number of thioether (sulfide) groups is 2. The summed E-state index contributed by atoms with van der Waals surface area (Å²) in [6.07, 6.45) is 3.65. The SMILES string of the molecule is CCC[C@@H](SCCO)[C@@H](CC)CSCCO. The van der Waals surface area contributed by atoms with Gasteiger partial charge in [0.15, 0.2) is 0 Å². The van der Waals surface area contributed by atoms with E-state index in [2.05, 4.69) is 13.8 Å². The summed E-state index contributed by atoms with van der Waals surface area (Å²) in [5, 5.41) is 18.3. The van der Waals surface area contributed by atoms with Gasteiger partial charge in [0.25, 0.3) is 0 Å². The largest absolute Gasteiger partial charge is 0.396 e. The van der Waals surface area contributed by atoms with Gasteiger partial charge in [-0.25, -0.2) is 0 Å². The van der Waals surface area contributed by atoms with E-state index in [1.54, 1.807) is 0 Å². The molecule has 0 radical (unpaired) electrons. The molecule has 0 saturated carbocycles. The summed E-state index contributed by atoms with van der Waals surface area (Å²) in [6, 6.07) is 0. The molecule has 2 nitrogen and oxygen atoms in total. The van der Waals surface area contributed by atoms with Crippen molar-refractivity contribution < 1.29 is 10.2 Å². The zero-order chi connectivity index (χ0) is 12.2. The van der Waals surface area contributed by atoms with E-state index in [9.17, 15) is 0 Å². The van der Waals surface area contributed by atoms with Crippen molar-refractivity contribution in [3.05, 3.63) is 0 Å². The molecule has 0 aromatic heterocycles. The van der Waals surface area contributed by atoms with Gasteiger partial charge in [-0.15, -0.1) is 0 Å². The quantitative estimate of drug-likeness (QED) is 0.564. The van der Waals surface area contributed by atoms with E-state index in [1.165, 1.54) is 19.3 Å². The van der Waals surface area contributed by atoms with Gasteiger partial charge in [-0.05, 0) is 18.1 Å². The second-order valence-corrected chi connectivity index (χ2v) is 6.39. The first-order valence-electron chi connectivity index (χ1n) is 6.21. The summed E-state index contributed by atoms with van der Waals surface area (Å²) in [5.41, 5.74) is 0. The summed E-state index contributed by atoms with van der Waals surface area (Å²) in [6.45, 7) is 5.03. The molecular formula is C12H26O2S2. The Balaban J connectivity index is 3.99. The second kappa shape index (κ2) is 12.1. The molecular weight excluding hydrogens is 240 g/mol. The van der Waals surface area contributed by atoms with E-state index < -0.39 is 0 Å². The van der Waals surface area contributed by atoms with Gasteiger partial charge in [0.2, 0.25) is 0 Å². The number of aliphatic hydroxyl groups is 2. The van der Waals surface area contributed by atoms with Crippen LogP contribution in [0.4, 0.5) is 0 Å². The lowest BCUT2D eigenvalue weighted by atomic mass is 10.0. The third-order valence-electron chi connectivity index (χ3n) is 2.61. The van der Waals surface area contributed by atoms with Crippen molar-refractivity contribution in [3.8, 4) is 0 Å². The summed E-state index contributed by atoms with van der Waals surface area (Å²) in [7, 11) is 0. The van der Waals surface area contributed by atoms with Crippen LogP contribution in [-0.2, 0) is 0 Å². The summed E-state index contributed by atoms with van der Waals surface area (Å²) >= 11 is 3.76. The molecule has 0 amide bonds. The highest BCUT2D eigenvalue weighted by atomic mass is 32.2. The number of hydrogen-bond donors (Lipinski definition) is 2. The average molecular weight is 266 g/mol. The Hall–Kier alpha value is 0.620. The first-order valence-corrected chi connectivity index (χ1v) is 8.41. The maximum atomic E-state index is 8.89. The Kier molecular flexibility index (Phi) is 12.6. The minimum Gasteiger partial charge on any atom is -0.396 e. The Morgan fingerprint density at radius 3 is 2.25 bits per heavy atom. The van der Waals surface area contributed by atoms with Gasteiger partial charge >= 0.3 is 0 Å². The van der Waals surface area contributed by atoms with Gasteiger partial charge in [-0.2, -0.15) is 23.5 Å². The van der Waals surface area contributed by atoms with Crippen molar-refractivity contribution in [2.75, 3.05) is 30.5 Å². The van der Waals surface area contributed by atoms with Crippen LogP contribution >= 0.6 is 23.5 Å². The molecule has 0 saturated heterocycles. The molecule has 0 aliphatic rings. The van der Waals surface area contributed by atoms with E-state index in [1.807, 2.05) is 23.5 Å². The number of hydrogen-bond acceptors (Lipinski definition) is 4. The molecule has 0 fully saturated rings. The normalized spacial score (nSPS) is 15.0. The third-order valence-corrected chi connectivity index (χ3v) is 5.22. The standard InChI is InChI=1S/C12H26O2S2/c1-3-5-12(16-9-7-14)11(4-2)10-15-8-6-13/h11-14H,3-10H2,1-2H3/t11-,12+/m0/s1. The van der Waals surface area contributed by atoms with Crippen molar-refractivity contribution in [1.82, 2.24) is 0 Å². The Morgan fingerprint density at radius 1 is 1.06 bits per heavy atom. The molecule has 0 bridgehead atoms. The van der Waals surface area contributed by atoms with E-state index in [0.717, 1.165) is 17.3 Å². The first kappa shape index (κ1) is 16.6. The van der Waals surface area contributed by atoms with Crippen LogP contribution in [0.3, 0.4) is 0 Å². The summed E-state index contributed by atoms with van der Waals surface area (Å²) < 4.78 is 0. The second-order valence-electron chi connectivity index (χ2n) is 3.89. The summed E-state index contributed by atoms with van der Waals surface area (Å²) in [4.78, 5) is 0. The number of aliphatic hydroxyl groups excluding tert-OH is 2. The van der Waals surface area contributed by atoms with E-state index in [4.69, 9.17) is 10.2 Å². The molecule has 0 heterocycles. The zero-order valence-corrected chi connectivity index (χ0v) is 12.2. The smallest absolute Gasteiger partial charge is 0.0521 e. The minimum atomic E-state index is 0.281. The molecule has 16 heavy (non-hydrogen) atoms. The topological polar surface area (TPSA) is 40.5 Å². The fourth-order valence-corrected chi connectivity index (χ4v) is 4.29. The fourth-order valence-electron chi connectivity index (χ4n) is 1.73. The molecule has 0 aromatic carbocycles. The number of rotatable bonds is 11. The van der Waals surface area contributed by atoms with Crippen LogP contribution in [0.5, 0.6) is 0 Å². The van der Waals surface area contributed by atoms with Gasteiger partial charge < -0.3 is 10.2 Å². The molecule has 0 spiro atoms. The van der Waals surface area contributed by atoms with Gasteiger partial charge in [0.1, 0.15) is 0 Å². The lowest BCUT2D eigenvalue weighted by Gasteiger charge is -2.25. The maximum Gasteiger partial charge on any atom is 0.0521 e. The zero-order valence-electron chi connectivity index (χ0n) is 10.5. The molecule has 0 aliphatic heterocycles. The molecule has 2 N–H and O–H groups in total. The van der Waals surface area contributed by atoms with Crippen LogP contribution < -0.4 is 0 Å². The van der Waals surface area contributed by atoms with Crippen LogP contribution in [0.15, 0.2) is 0 Å². The Labute approximate surface area is 109 Å². The van der Waals surface area contributed by atoms with Crippen LogP contribution in [0.2, 0.25) is 0 Å². The van der Waals surface area contributed by atoms with E-state index in [0.29, 0.717) is 11.2 Å². The lowest BCUT2D eigenvalue weighted by molar-refractivity contribution is 0.322. The monoisotopic (exact) mass is 266 g/mol. The van der Waals surface area contributed by atoms with Crippen molar-refractivity contribution in [2.45, 2.75) is 38.4 Å². The predicted molar refractivity (Wildman–Crippen MR) is 76.4 cm³/mol. The van der Waals surface area contributed by atoms with Crippen molar-refractivity contribution in [2.24, 2.45) is 5.92 Å². The molecule has 98 valence electrons. The summed E-state index contributed by atoms with van der Waals surface area (Å²) in [5.74, 6) is 3.56. The van der Waals surface area contributed by atoms with Crippen LogP contribution in [0, 0.1) is 5.92 Å². The van der Waals surface area contributed by atoms with Gasteiger partial charge in [-0.1, -0.05) is 26.7 Å². The van der Waals surface area contributed by atoms with Gasteiger partial charge in [0.05, 0.1) is 13.2 Å². The van der Waals surface area contributed by atoms with Crippen LogP contribution in [0.25, 0.3) is 0 Å². The molecule has 2 atom stereocenters. The molecule has 0 rings (SSSR count). The fraction of sp³-hybridized carbons (Fsp3) is 1.00. The third kappa shape index (κ3) is 7.82. The first-order chi connectivity index (χ1) is 7.79. The van der Waals surface area contributed by atoms with Crippen molar-refractivity contribution in [1.29, 1.82) is 0 Å². The predicted octanol–water partition coefficient (Wildman–Crippen LogP) is 2.63. The van der Waals surface area contributed by atoms with Gasteiger partial charge in [-0.3, -0.25) is 0 Å². The average Bonchev–Trinajstić information content (AvgIpc) is 2.31. The molecule has 4 heteroatoms. The highest BCUT2D eigenvalue weighted by Gasteiger charge is 2.19. The van der Waals surface area contributed by atoms with Crippen molar-refractivity contribution in [3.63, 3.8) is 0 Å². The van der Waals surface area contributed by atoms with Crippen LogP contribution in [-0.4, -0.2) is 45.9 Å². The van der Waals surface area contributed by atoms with Crippen LogP contribution in [0.1, 0.15) is 33.1 Å². The maximum absolute atomic E-state index is 8.89. The van der Waals surface area contributed by atoms with E-state index in [-0.39, 0.29) is 13.2 Å². The highest BCUT2D eigenvalue weighted by Crippen LogP contribution is 2.29.